The molecule has 0 spiro atoms. The van der Waals surface area contributed by atoms with E-state index in [1.54, 1.807) is 11.8 Å². The van der Waals surface area contributed by atoms with Crippen LogP contribution in [0, 0.1) is 6.92 Å². The lowest BCUT2D eigenvalue weighted by Crippen LogP contribution is -2.29. The van der Waals surface area contributed by atoms with Crippen LogP contribution in [0.2, 0.25) is 5.02 Å². The first kappa shape index (κ1) is 15.2. The SMILES string of the molecule is Cc1sc(C(=O)NN)cc1CSc1c(N)cccc1Cl. The first-order chi connectivity index (χ1) is 9.52. The summed E-state index contributed by atoms with van der Waals surface area (Å²) in [5, 5.41) is 0.641. The molecule has 4 nitrogen and oxygen atoms in total. The number of hydrazine groups is 1. The van der Waals surface area contributed by atoms with E-state index in [1.807, 2.05) is 31.2 Å². The van der Waals surface area contributed by atoms with Crippen molar-refractivity contribution >= 4 is 46.3 Å². The second-order valence-electron chi connectivity index (χ2n) is 4.11. The van der Waals surface area contributed by atoms with E-state index in [2.05, 4.69) is 5.43 Å². The number of hydrogen-bond donors (Lipinski definition) is 3. The smallest absolute Gasteiger partial charge is 0.275 e. The van der Waals surface area contributed by atoms with Gasteiger partial charge in [-0.25, -0.2) is 5.84 Å². The number of rotatable bonds is 4. The molecule has 0 radical (unpaired) electrons. The van der Waals surface area contributed by atoms with Crippen molar-refractivity contribution in [1.29, 1.82) is 0 Å². The van der Waals surface area contributed by atoms with Gasteiger partial charge in [-0.2, -0.15) is 0 Å². The fourth-order valence-electron chi connectivity index (χ4n) is 1.67. The molecule has 0 aliphatic carbocycles. The molecule has 0 bridgehead atoms. The van der Waals surface area contributed by atoms with Crippen molar-refractivity contribution in [2.24, 2.45) is 5.84 Å². The number of benzene rings is 1. The zero-order chi connectivity index (χ0) is 14.7. The summed E-state index contributed by atoms with van der Waals surface area (Å²) in [6.45, 7) is 1.98. The maximum atomic E-state index is 11.5. The lowest BCUT2D eigenvalue weighted by Gasteiger charge is -2.07. The fraction of sp³-hybridized carbons (Fsp3) is 0.154. The predicted octanol–water partition coefficient (Wildman–Crippen LogP) is 3.19. The van der Waals surface area contributed by atoms with Crippen molar-refractivity contribution in [1.82, 2.24) is 5.43 Å². The summed E-state index contributed by atoms with van der Waals surface area (Å²) in [6, 6.07) is 7.31. The summed E-state index contributed by atoms with van der Waals surface area (Å²) in [7, 11) is 0. The van der Waals surface area contributed by atoms with Crippen LogP contribution in [0.4, 0.5) is 5.69 Å². The van der Waals surface area contributed by atoms with Crippen molar-refractivity contribution in [2.45, 2.75) is 17.6 Å². The molecule has 5 N–H and O–H groups in total. The Hall–Kier alpha value is -1.21. The first-order valence-corrected chi connectivity index (χ1v) is 7.98. The Balaban J connectivity index is 2.15. The molecular formula is C13H14ClN3OS2. The zero-order valence-electron chi connectivity index (χ0n) is 10.8. The Morgan fingerprint density at radius 2 is 2.25 bits per heavy atom. The highest BCUT2D eigenvalue weighted by Crippen LogP contribution is 2.36. The predicted molar refractivity (Wildman–Crippen MR) is 86.1 cm³/mol. The number of aryl methyl sites for hydroxylation is 1. The quantitative estimate of drug-likeness (QED) is 0.265. The summed E-state index contributed by atoms with van der Waals surface area (Å²) >= 11 is 9.12. The van der Waals surface area contributed by atoms with E-state index < -0.39 is 0 Å². The van der Waals surface area contributed by atoms with Gasteiger partial charge in [-0.05, 0) is 30.7 Å². The first-order valence-electron chi connectivity index (χ1n) is 5.80. The van der Waals surface area contributed by atoms with E-state index in [1.165, 1.54) is 11.3 Å². The summed E-state index contributed by atoms with van der Waals surface area (Å²) in [6.07, 6.45) is 0. The van der Waals surface area contributed by atoms with Crippen LogP contribution in [0.1, 0.15) is 20.1 Å². The van der Waals surface area contributed by atoms with E-state index in [-0.39, 0.29) is 5.91 Å². The largest absolute Gasteiger partial charge is 0.398 e. The Morgan fingerprint density at radius 3 is 2.90 bits per heavy atom. The van der Waals surface area contributed by atoms with E-state index >= 15 is 0 Å². The second kappa shape index (κ2) is 6.49. The molecule has 0 fully saturated rings. The number of thiophene rings is 1. The van der Waals surface area contributed by atoms with Gasteiger partial charge in [0.05, 0.1) is 9.90 Å². The number of nitrogens with two attached hydrogens (primary N) is 2. The summed E-state index contributed by atoms with van der Waals surface area (Å²) in [5.41, 5.74) is 9.80. The molecule has 1 heterocycles. The van der Waals surface area contributed by atoms with Crippen molar-refractivity contribution in [3.05, 3.63) is 44.6 Å². The molecule has 1 amide bonds. The minimum Gasteiger partial charge on any atom is -0.398 e. The van der Waals surface area contributed by atoms with Gasteiger partial charge in [-0.3, -0.25) is 10.2 Å². The number of carbonyl (C=O) groups is 1. The maximum absolute atomic E-state index is 11.5. The van der Waals surface area contributed by atoms with Gasteiger partial charge >= 0.3 is 0 Å². The third-order valence-corrected chi connectivity index (χ3v) is 5.46. The number of carbonyl (C=O) groups excluding carboxylic acids is 1. The molecule has 1 aromatic heterocycles. The number of nitrogens with one attached hydrogen (secondary N) is 1. The third-order valence-electron chi connectivity index (χ3n) is 2.74. The summed E-state index contributed by atoms with van der Waals surface area (Å²) in [5.74, 6) is 5.57. The van der Waals surface area contributed by atoms with E-state index in [0.717, 1.165) is 15.3 Å². The molecule has 0 aliphatic heterocycles. The molecule has 0 saturated heterocycles. The average molecular weight is 328 g/mol. The van der Waals surface area contributed by atoms with Crippen LogP contribution in [-0.2, 0) is 5.75 Å². The van der Waals surface area contributed by atoms with Gasteiger partial charge in [-0.15, -0.1) is 23.1 Å². The molecular weight excluding hydrogens is 314 g/mol. The van der Waals surface area contributed by atoms with Gasteiger partial charge in [0, 0.05) is 21.2 Å². The van der Waals surface area contributed by atoms with Crippen molar-refractivity contribution in [2.75, 3.05) is 5.73 Å². The van der Waals surface area contributed by atoms with Crippen LogP contribution in [-0.4, -0.2) is 5.91 Å². The molecule has 0 aliphatic rings. The van der Waals surface area contributed by atoms with Gasteiger partial charge in [-0.1, -0.05) is 17.7 Å². The number of amides is 1. The number of halogens is 1. The Kier molecular flexibility index (Phi) is 4.93. The van der Waals surface area contributed by atoms with Gasteiger partial charge in [0.2, 0.25) is 0 Å². The van der Waals surface area contributed by atoms with E-state index in [4.69, 9.17) is 23.2 Å². The normalized spacial score (nSPS) is 10.6. The minimum atomic E-state index is -0.272. The third kappa shape index (κ3) is 3.27. The highest BCUT2D eigenvalue weighted by Gasteiger charge is 2.13. The van der Waals surface area contributed by atoms with Gasteiger partial charge in [0.25, 0.3) is 5.91 Å². The van der Waals surface area contributed by atoms with Crippen LogP contribution in [0.3, 0.4) is 0 Å². The monoisotopic (exact) mass is 327 g/mol. The molecule has 2 aromatic rings. The van der Waals surface area contributed by atoms with E-state index in [0.29, 0.717) is 21.3 Å². The molecule has 0 saturated carbocycles. The van der Waals surface area contributed by atoms with E-state index in [9.17, 15) is 4.79 Å². The van der Waals surface area contributed by atoms with Crippen LogP contribution in [0.25, 0.3) is 0 Å². The lowest BCUT2D eigenvalue weighted by atomic mass is 10.3. The fourth-order valence-corrected chi connectivity index (χ4v) is 4.10. The van der Waals surface area contributed by atoms with Crippen LogP contribution >= 0.6 is 34.7 Å². The Bertz CT molecular complexity index is 622. The Labute approximate surface area is 130 Å². The highest BCUT2D eigenvalue weighted by molar-refractivity contribution is 7.98. The topological polar surface area (TPSA) is 81.1 Å². The molecule has 7 heteroatoms. The number of hydrogen-bond acceptors (Lipinski definition) is 5. The van der Waals surface area contributed by atoms with Crippen LogP contribution < -0.4 is 17.0 Å². The molecule has 20 heavy (non-hydrogen) atoms. The lowest BCUT2D eigenvalue weighted by molar-refractivity contribution is 0.0957. The number of anilines is 1. The second-order valence-corrected chi connectivity index (χ2v) is 6.76. The number of thioether (sulfide) groups is 1. The maximum Gasteiger partial charge on any atom is 0.275 e. The molecule has 0 atom stereocenters. The molecule has 106 valence electrons. The highest BCUT2D eigenvalue weighted by atomic mass is 35.5. The van der Waals surface area contributed by atoms with Crippen molar-refractivity contribution in [3.63, 3.8) is 0 Å². The zero-order valence-corrected chi connectivity index (χ0v) is 13.2. The summed E-state index contributed by atoms with van der Waals surface area (Å²) < 4.78 is 0. The molecule has 0 unspecified atom stereocenters. The summed E-state index contributed by atoms with van der Waals surface area (Å²) in [4.78, 5) is 14.0. The molecule has 2 rings (SSSR count). The standard InChI is InChI=1S/C13H14ClN3OS2/c1-7-8(5-11(20-7)13(18)17-16)6-19-12-9(14)3-2-4-10(12)15/h2-5H,6,15-16H2,1H3,(H,17,18). The van der Waals surface area contributed by atoms with Gasteiger partial charge in [0.1, 0.15) is 0 Å². The minimum absolute atomic E-state index is 0.272. The Morgan fingerprint density at radius 1 is 1.50 bits per heavy atom. The van der Waals surface area contributed by atoms with Crippen LogP contribution in [0.5, 0.6) is 0 Å². The van der Waals surface area contributed by atoms with Crippen molar-refractivity contribution in [3.8, 4) is 0 Å². The van der Waals surface area contributed by atoms with Crippen molar-refractivity contribution < 1.29 is 4.79 Å². The number of nitrogen functional groups attached to an aromatic ring is 2. The average Bonchev–Trinajstić information content (AvgIpc) is 2.79. The van der Waals surface area contributed by atoms with Crippen LogP contribution in [0.15, 0.2) is 29.2 Å². The van der Waals surface area contributed by atoms with Gasteiger partial charge in [0.15, 0.2) is 0 Å². The van der Waals surface area contributed by atoms with Gasteiger partial charge < -0.3 is 5.73 Å². The molecule has 1 aromatic carbocycles.